The summed E-state index contributed by atoms with van der Waals surface area (Å²) in [6, 6.07) is 4.15. The summed E-state index contributed by atoms with van der Waals surface area (Å²) in [5.41, 5.74) is 4.15. The maximum absolute atomic E-state index is 12.1. The number of furan rings is 1. The molecule has 0 spiro atoms. The summed E-state index contributed by atoms with van der Waals surface area (Å²) in [6.45, 7) is 6.87. The molecule has 0 unspecified atom stereocenters. The van der Waals surface area contributed by atoms with E-state index in [0.717, 1.165) is 16.5 Å². The topological polar surface area (TPSA) is 79.5 Å². The molecule has 5 nitrogen and oxygen atoms in total. The molecule has 0 atom stereocenters. The Morgan fingerprint density at radius 1 is 1.25 bits per heavy atom. The fourth-order valence-electron chi connectivity index (χ4n) is 2.87. The fourth-order valence-corrected chi connectivity index (χ4v) is 2.87. The quantitative estimate of drug-likeness (QED) is 0.722. The first-order valence-electron chi connectivity index (χ1n) is 8.37. The number of amides is 1. The number of carboxylic acids is 1. The van der Waals surface area contributed by atoms with Crippen LogP contribution in [0.2, 0.25) is 0 Å². The number of carbonyl (C=O) groups is 2. The summed E-state index contributed by atoms with van der Waals surface area (Å²) >= 11 is 0. The van der Waals surface area contributed by atoms with Gasteiger partial charge in [0.05, 0.1) is 12.7 Å². The summed E-state index contributed by atoms with van der Waals surface area (Å²) in [7, 11) is 0. The lowest BCUT2D eigenvalue weighted by atomic mass is 9.95. The van der Waals surface area contributed by atoms with Crippen molar-refractivity contribution in [3.63, 3.8) is 0 Å². The fraction of sp³-hybridized carbons (Fsp3) is 0.474. The van der Waals surface area contributed by atoms with Crippen LogP contribution in [0.4, 0.5) is 0 Å². The minimum Gasteiger partial charge on any atom is -0.481 e. The van der Waals surface area contributed by atoms with E-state index in [1.165, 1.54) is 11.1 Å². The molecule has 0 aliphatic carbocycles. The number of aliphatic carboxylic acids is 1. The van der Waals surface area contributed by atoms with Gasteiger partial charge in [-0.05, 0) is 48.9 Å². The molecule has 0 saturated carbocycles. The van der Waals surface area contributed by atoms with E-state index in [0.29, 0.717) is 25.3 Å². The Morgan fingerprint density at radius 2 is 2.00 bits per heavy atom. The molecule has 24 heavy (non-hydrogen) atoms. The number of unbranched alkanes of at least 4 members (excludes halogenated alkanes) is 1. The zero-order valence-electron chi connectivity index (χ0n) is 14.5. The third-order valence-electron chi connectivity index (χ3n) is 4.15. The van der Waals surface area contributed by atoms with Crippen LogP contribution < -0.4 is 5.32 Å². The van der Waals surface area contributed by atoms with Crippen LogP contribution in [-0.4, -0.2) is 23.5 Å². The SMILES string of the molecule is Cc1cc2occ(CC(=O)NCCCCC(=O)O)c2cc1C(C)C. The Kier molecular flexibility index (Phi) is 6.01. The first-order chi connectivity index (χ1) is 11.4. The lowest BCUT2D eigenvalue weighted by molar-refractivity contribution is -0.137. The number of carboxylic acid groups (broad SMARTS) is 1. The summed E-state index contributed by atoms with van der Waals surface area (Å²) in [4.78, 5) is 22.5. The standard InChI is InChI=1S/C19H25NO4/c1-12(2)15-10-16-14(11-24-17(16)8-13(15)3)9-18(21)20-7-5-4-6-19(22)23/h8,10-12H,4-7,9H2,1-3H3,(H,20,21)(H,22,23). The molecule has 2 rings (SSSR count). The van der Waals surface area contributed by atoms with Crippen molar-refractivity contribution < 1.29 is 19.1 Å². The van der Waals surface area contributed by atoms with Crippen molar-refractivity contribution in [2.24, 2.45) is 0 Å². The zero-order valence-corrected chi connectivity index (χ0v) is 14.5. The highest BCUT2D eigenvalue weighted by Gasteiger charge is 2.13. The van der Waals surface area contributed by atoms with Crippen LogP contribution in [0, 0.1) is 6.92 Å². The molecule has 0 aliphatic rings. The molecule has 1 aromatic heterocycles. The summed E-state index contributed by atoms with van der Waals surface area (Å²) in [6.07, 6.45) is 3.30. The third-order valence-corrected chi connectivity index (χ3v) is 4.15. The molecule has 0 aliphatic heterocycles. The van der Waals surface area contributed by atoms with Crippen molar-refractivity contribution in [3.8, 4) is 0 Å². The van der Waals surface area contributed by atoms with Crippen molar-refractivity contribution in [1.29, 1.82) is 0 Å². The predicted octanol–water partition coefficient (Wildman–Crippen LogP) is 3.78. The number of hydrogen-bond donors (Lipinski definition) is 2. The molecule has 2 aromatic rings. The minimum atomic E-state index is -0.803. The van der Waals surface area contributed by atoms with Gasteiger partial charge in [0, 0.05) is 23.9 Å². The van der Waals surface area contributed by atoms with Gasteiger partial charge in [-0.25, -0.2) is 0 Å². The number of fused-ring (bicyclic) bond motifs is 1. The first-order valence-corrected chi connectivity index (χ1v) is 8.37. The minimum absolute atomic E-state index is 0.0697. The molecule has 1 amide bonds. The van der Waals surface area contributed by atoms with Crippen molar-refractivity contribution in [3.05, 3.63) is 35.1 Å². The molecule has 0 saturated heterocycles. The molecule has 5 heteroatoms. The van der Waals surface area contributed by atoms with Crippen LogP contribution in [0.25, 0.3) is 11.0 Å². The Balaban J connectivity index is 1.98. The van der Waals surface area contributed by atoms with Gasteiger partial charge in [0.2, 0.25) is 5.91 Å². The van der Waals surface area contributed by atoms with E-state index in [4.69, 9.17) is 9.52 Å². The number of hydrogen-bond acceptors (Lipinski definition) is 3. The van der Waals surface area contributed by atoms with Gasteiger partial charge in [-0.2, -0.15) is 0 Å². The van der Waals surface area contributed by atoms with Gasteiger partial charge in [-0.3, -0.25) is 9.59 Å². The smallest absolute Gasteiger partial charge is 0.303 e. The van der Waals surface area contributed by atoms with Gasteiger partial charge in [0.15, 0.2) is 0 Å². The molecule has 0 bridgehead atoms. The van der Waals surface area contributed by atoms with Crippen molar-refractivity contribution in [1.82, 2.24) is 5.32 Å². The number of rotatable bonds is 8. The lowest BCUT2D eigenvalue weighted by Gasteiger charge is -2.10. The van der Waals surface area contributed by atoms with E-state index >= 15 is 0 Å². The molecule has 2 N–H and O–H groups in total. The second-order valence-electron chi connectivity index (χ2n) is 6.50. The van der Waals surface area contributed by atoms with Crippen molar-refractivity contribution in [2.75, 3.05) is 6.54 Å². The highest BCUT2D eigenvalue weighted by Crippen LogP contribution is 2.29. The van der Waals surface area contributed by atoms with E-state index in [2.05, 4.69) is 32.2 Å². The predicted molar refractivity (Wildman–Crippen MR) is 93.2 cm³/mol. The second-order valence-corrected chi connectivity index (χ2v) is 6.50. The molecular formula is C19H25NO4. The van der Waals surface area contributed by atoms with Gasteiger partial charge in [-0.15, -0.1) is 0 Å². The lowest BCUT2D eigenvalue weighted by Crippen LogP contribution is -2.26. The van der Waals surface area contributed by atoms with Crippen LogP contribution in [-0.2, 0) is 16.0 Å². The van der Waals surface area contributed by atoms with E-state index in [1.54, 1.807) is 6.26 Å². The third kappa shape index (κ3) is 4.60. The molecule has 0 radical (unpaired) electrons. The number of aryl methyl sites for hydroxylation is 1. The normalized spacial score (nSPS) is 11.2. The highest BCUT2D eigenvalue weighted by atomic mass is 16.4. The van der Waals surface area contributed by atoms with E-state index in [-0.39, 0.29) is 18.7 Å². The summed E-state index contributed by atoms with van der Waals surface area (Å²) in [5, 5.41) is 12.4. The van der Waals surface area contributed by atoms with E-state index in [1.807, 2.05) is 6.07 Å². The first kappa shape index (κ1) is 18.0. The van der Waals surface area contributed by atoms with Crippen LogP contribution in [0.3, 0.4) is 0 Å². The Morgan fingerprint density at radius 3 is 2.67 bits per heavy atom. The van der Waals surface area contributed by atoms with Crippen LogP contribution in [0.5, 0.6) is 0 Å². The van der Waals surface area contributed by atoms with Crippen LogP contribution in [0.1, 0.15) is 55.7 Å². The average molecular weight is 331 g/mol. The van der Waals surface area contributed by atoms with Crippen molar-refractivity contribution in [2.45, 2.75) is 52.4 Å². The Hall–Kier alpha value is -2.30. The van der Waals surface area contributed by atoms with Gasteiger partial charge >= 0.3 is 5.97 Å². The van der Waals surface area contributed by atoms with Gasteiger partial charge in [0.1, 0.15) is 5.58 Å². The van der Waals surface area contributed by atoms with Gasteiger partial charge < -0.3 is 14.8 Å². The van der Waals surface area contributed by atoms with E-state index in [9.17, 15) is 9.59 Å². The number of benzene rings is 1. The van der Waals surface area contributed by atoms with Gasteiger partial charge in [-0.1, -0.05) is 13.8 Å². The average Bonchev–Trinajstić information content (AvgIpc) is 2.87. The second kappa shape index (κ2) is 7.99. The molecular weight excluding hydrogens is 306 g/mol. The molecule has 0 fully saturated rings. The maximum Gasteiger partial charge on any atom is 0.303 e. The van der Waals surface area contributed by atoms with Crippen molar-refractivity contribution >= 4 is 22.8 Å². The largest absolute Gasteiger partial charge is 0.481 e. The highest BCUT2D eigenvalue weighted by molar-refractivity contribution is 5.88. The summed E-state index contributed by atoms with van der Waals surface area (Å²) < 4.78 is 5.59. The van der Waals surface area contributed by atoms with Gasteiger partial charge in [0.25, 0.3) is 0 Å². The monoisotopic (exact) mass is 331 g/mol. The Labute approximate surface area is 142 Å². The zero-order chi connectivity index (χ0) is 17.7. The summed E-state index contributed by atoms with van der Waals surface area (Å²) in [5.74, 6) is -0.456. The molecule has 1 heterocycles. The number of nitrogens with one attached hydrogen (secondary N) is 1. The van der Waals surface area contributed by atoms with E-state index < -0.39 is 5.97 Å². The van der Waals surface area contributed by atoms with Crippen LogP contribution >= 0.6 is 0 Å². The Bertz CT molecular complexity index is 730. The molecule has 1 aromatic carbocycles. The van der Waals surface area contributed by atoms with Crippen LogP contribution in [0.15, 0.2) is 22.8 Å². The maximum atomic E-state index is 12.1. The molecule has 130 valence electrons. The number of carbonyl (C=O) groups excluding carboxylic acids is 1.